The molecule has 4 nitrogen and oxygen atoms in total. The van der Waals surface area contributed by atoms with E-state index in [0.717, 1.165) is 30.6 Å². The molecule has 1 saturated carbocycles. The first-order valence-corrected chi connectivity index (χ1v) is 9.60. The molecule has 23 heavy (non-hydrogen) atoms. The number of fused-ring (bicyclic) bond motifs is 1. The second-order valence-corrected chi connectivity index (χ2v) is 7.97. The quantitative estimate of drug-likeness (QED) is 0.883. The Morgan fingerprint density at radius 1 is 1.04 bits per heavy atom. The van der Waals surface area contributed by atoms with E-state index in [1.54, 1.807) is 11.3 Å². The minimum atomic E-state index is -0.701. The summed E-state index contributed by atoms with van der Waals surface area (Å²) in [4.78, 5) is 25.7. The van der Waals surface area contributed by atoms with Crippen molar-refractivity contribution in [2.24, 2.45) is 5.92 Å². The summed E-state index contributed by atoms with van der Waals surface area (Å²) in [5.74, 6) is -0.905. The summed E-state index contributed by atoms with van der Waals surface area (Å²) in [6, 6.07) is 2.21. The van der Waals surface area contributed by atoms with E-state index in [1.165, 1.54) is 36.1 Å². The Morgan fingerprint density at radius 2 is 1.74 bits per heavy atom. The molecule has 0 aromatic carbocycles. The molecule has 2 N–H and O–H groups in total. The van der Waals surface area contributed by atoms with Gasteiger partial charge in [-0.2, -0.15) is 0 Å². The Kier molecular flexibility index (Phi) is 5.36. The first-order valence-electron chi connectivity index (χ1n) is 8.78. The Morgan fingerprint density at radius 3 is 2.43 bits per heavy atom. The number of hydrogen-bond acceptors (Lipinski definition) is 3. The summed E-state index contributed by atoms with van der Waals surface area (Å²) in [7, 11) is 0. The van der Waals surface area contributed by atoms with Crippen LogP contribution in [0.1, 0.15) is 71.5 Å². The highest BCUT2D eigenvalue weighted by Gasteiger charge is 2.27. The van der Waals surface area contributed by atoms with Crippen molar-refractivity contribution in [3.05, 3.63) is 21.4 Å². The lowest BCUT2D eigenvalue weighted by Crippen LogP contribution is -2.38. The van der Waals surface area contributed by atoms with Crippen LogP contribution in [-0.2, 0) is 17.6 Å². The monoisotopic (exact) mass is 335 g/mol. The second kappa shape index (κ2) is 7.47. The van der Waals surface area contributed by atoms with Gasteiger partial charge in [0.25, 0.3) is 5.91 Å². The molecule has 0 atom stereocenters. The number of aliphatic carboxylic acids is 1. The third kappa shape index (κ3) is 4.14. The molecule has 0 unspecified atom stereocenters. The molecule has 2 aliphatic carbocycles. The van der Waals surface area contributed by atoms with E-state index in [4.69, 9.17) is 5.11 Å². The molecule has 1 amide bonds. The molecular formula is C18H25NO3S. The van der Waals surface area contributed by atoms with Gasteiger partial charge in [0.1, 0.15) is 0 Å². The molecule has 0 spiro atoms. The van der Waals surface area contributed by atoms with Crippen LogP contribution in [0.15, 0.2) is 6.07 Å². The van der Waals surface area contributed by atoms with Crippen LogP contribution in [-0.4, -0.2) is 23.0 Å². The van der Waals surface area contributed by atoms with Crippen LogP contribution in [0.4, 0.5) is 0 Å². The lowest BCUT2D eigenvalue weighted by molar-refractivity contribution is -0.142. The maximum Gasteiger partial charge on any atom is 0.306 e. The number of aryl methyl sites for hydroxylation is 2. The van der Waals surface area contributed by atoms with Crippen LogP contribution in [0.3, 0.4) is 0 Å². The SMILES string of the molecule is O=C(NC1CCC(C(=O)O)CC1)c1cc2c(s1)CCCCCC2. The number of hydrogen-bond donors (Lipinski definition) is 2. The van der Waals surface area contributed by atoms with Crippen LogP contribution in [0.25, 0.3) is 0 Å². The van der Waals surface area contributed by atoms with Crippen molar-refractivity contribution in [1.29, 1.82) is 0 Å². The number of carboxylic acids is 1. The number of nitrogens with one attached hydrogen (secondary N) is 1. The average molecular weight is 335 g/mol. The zero-order chi connectivity index (χ0) is 16.2. The number of rotatable bonds is 3. The fourth-order valence-corrected chi connectivity index (χ4v) is 4.85. The Balaban J connectivity index is 1.58. The van der Waals surface area contributed by atoms with Gasteiger partial charge in [-0.15, -0.1) is 11.3 Å². The predicted molar refractivity (Wildman–Crippen MR) is 91.0 cm³/mol. The van der Waals surface area contributed by atoms with E-state index >= 15 is 0 Å². The molecule has 0 aliphatic heterocycles. The Hall–Kier alpha value is -1.36. The van der Waals surface area contributed by atoms with E-state index in [2.05, 4.69) is 11.4 Å². The van der Waals surface area contributed by atoms with Crippen molar-refractivity contribution in [2.75, 3.05) is 0 Å². The van der Waals surface area contributed by atoms with Crippen LogP contribution in [0.2, 0.25) is 0 Å². The number of carbonyl (C=O) groups is 2. The molecule has 0 saturated heterocycles. The molecule has 1 fully saturated rings. The van der Waals surface area contributed by atoms with Crippen molar-refractivity contribution in [1.82, 2.24) is 5.32 Å². The fraction of sp³-hybridized carbons (Fsp3) is 0.667. The number of thiophene rings is 1. The third-order valence-corrected chi connectivity index (χ3v) is 6.37. The summed E-state index contributed by atoms with van der Waals surface area (Å²) in [5.41, 5.74) is 1.37. The van der Waals surface area contributed by atoms with Crippen molar-refractivity contribution in [3.63, 3.8) is 0 Å². The van der Waals surface area contributed by atoms with Crippen molar-refractivity contribution >= 4 is 23.2 Å². The molecule has 5 heteroatoms. The standard InChI is InChI=1S/C18H25NO3S/c20-17(19-14-9-7-12(8-10-14)18(21)22)16-11-13-5-3-1-2-4-6-15(13)23-16/h11-12,14H,1-10H2,(H,19,20)(H,21,22). The van der Waals surface area contributed by atoms with Crippen molar-refractivity contribution in [2.45, 2.75) is 70.3 Å². The lowest BCUT2D eigenvalue weighted by Gasteiger charge is -2.26. The predicted octanol–water partition coefficient (Wildman–Crippen LogP) is 3.78. The van der Waals surface area contributed by atoms with E-state index in [-0.39, 0.29) is 17.9 Å². The number of carbonyl (C=O) groups excluding carboxylic acids is 1. The summed E-state index contributed by atoms with van der Waals surface area (Å²) in [6.45, 7) is 0. The molecule has 0 bridgehead atoms. The van der Waals surface area contributed by atoms with Gasteiger partial charge in [0.15, 0.2) is 0 Å². The zero-order valence-electron chi connectivity index (χ0n) is 13.5. The first kappa shape index (κ1) is 16.5. The average Bonchev–Trinajstić information content (AvgIpc) is 2.90. The van der Waals surface area contributed by atoms with Crippen LogP contribution < -0.4 is 5.32 Å². The van der Waals surface area contributed by atoms with Gasteiger partial charge >= 0.3 is 5.97 Å². The van der Waals surface area contributed by atoms with Crippen LogP contribution >= 0.6 is 11.3 Å². The molecule has 1 heterocycles. The highest BCUT2D eigenvalue weighted by molar-refractivity contribution is 7.14. The van der Waals surface area contributed by atoms with Gasteiger partial charge in [0.2, 0.25) is 0 Å². The minimum Gasteiger partial charge on any atom is -0.481 e. The molecule has 0 radical (unpaired) electrons. The van der Waals surface area contributed by atoms with Crippen LogP contribution in [0.5, 0.6) is 0 Å². The fourth-order valence-electron chi connectivity index (χ4n) is 3.70. The van der Waals surface area contributed by atoms with Gasteiger partial charge in [-0.25, -0.2) is 0 Å². The Labute approximate surface area is 141 Å². The molecule has 1 aromatic heterocycles. The first-order chi connectivity index (χ1) is 11.1. The number of carboxylic acid groups (broad SMARTS) is 1. The minimum absolute atomic E-state index is 0.0283. The summed E-state index contributed by atoms with van der Waals surface area (Å²) < 4.78 is 0. The highest BCUT2D eigenvalue weighted by atomic mass is 32.1. The van der Waals surface area contributed by atoms with Gasteiger partial charge in [-0.3, -0.25) is 9.59 Å². The van der Waals surface area contributed by atoms with E-state index in [9.17, 15) is 9.59 Å². The van der Waals surface area contributed by atoms with Crippen molar-refractivity contribution < 1.29 is 14.7 Å². The summed E-state index contributed by atoms with van der Waals surface area (Å²) in [5, 5.41) is 12.2. The highest BCUT2D eigenvalue weighted by Crippen LogP contribution is 2.29. The topological polar surface area (TPSA) is 66.4 Å². The smallest absolute Gasteiger partial charge is 0.306 e. The molecule has 3 rings (SSSR count). The van der Waals surface area contributed by atoms with Gasteiger partial charge in [0.05, 0.1) is 10.8 Å². The van der Waals surface area contributed by atoms with E-state index in [1.807, 2.05) is 0 Å². The molecule has 1 aromatic rings. The van der Waals surface area contributed by atoms with E-state index < -0.39 is 5.97 Å². The molecule has 126 valence electrons. The van der Waals surface area contributed by atoms with Crippen LogP contribution in [0, 0.1) is 5.92 Å². The number of amides is 1. The summed E-state index contributed by atoms with van der Waals surface area (Å²) >= 11 is 1.65. The lowest BCUT2D eigenvalue weighted by atomic mass is 9.86. The van der Waals surface area contributed by atoms with E-state index in [0.29, 0.717) is 12.8 Å². The summed E-state index contributed by atoms with van der Waals surface area (Å²) in [6.07, 6.45) is 10.1. The largest absolute Gasteiger partial charge is 0.481 e. The van der Waals surface area contributed by atoms with Gasteiger partial charge in [-0.1, -0.05) is 12.8 Å². The normalized spacial score (nSPS) is 25.0. The van der Waals surface area contributed by atoms with Gasteiger partial charge in [-0.05, 0) is 63.0 Å². The maximum absolute atomic E-state index is 12.5. The zero-order valence-corrected chi connectivity index (χ0v) is 14.3. The Bertz CT molecular complexity index is 547. The second-order valence-electron chi connectivity index (χ2n) is 6.83. The maximum atomic E-state index is 12.5. The molecular weight excluding hydrogens is 310 g/mol. The van der Waals surface area contributed by atoms with Gasteiger partial charge in [0, 0.05) is 10.9 Å². The third-order valence-electron chi connectivity index (χ3n) is 5.13. The van der Waals surface area contributed by atoms with Gasteiger partial charge < -0.3 is 10.4 Å². The molecule has 2 aliphatic rings. The van der Waals surface area contributed by atoms with Crippen molar-refractivity contribution in [3.8, 4) is 0 Å².